The van der Waals surface area contributed by atoms with Crippen molar-refractivity contribution in [2.75, 3.05) is 0 Å². The molecule has 0 unspecified atom stereocenters. The monoisotopic (exact) mass is 152 g/mol. The molecule has 54 valence electrons. The molecule has 0 saturated heterocycles. The van der Waals surface area contributed by atoms with Crippen LogP contribution in [0, 0.1) is 0 Å². The Bertz CT molecular complexity index is 203. The molecule has 1 rings (SSSR count). The summed E-state index contributed by atoms with van der Waals surface area (Å²) in [5.74, 6) is 0. The summed E-state index contributed by atoms with van der Waals surface area (Å²) < 4.78 is 31.8. The zero-order chi connectivity index (χ0) is 7.12. The lowest BCUT2D eigenvalue weighted by atomic mass is 10.3. The summed E-state index contributed by atoms with van der Waals surface area (Å²) in [6, 6.07) is 0. The highest BCUT2D eigenvalue weighted by atomic mass is 32.3. The molecule has 9 heavy (non-hydrogen) atoms. The molecular weight excluding hydrogens is 143 g/mol. The highest BCUT2D eigenvalue weighted by molar-refractivity contribution is 7.88. The molecule has 0 bridgehead atoms. The molecule has 0 aromatic rings. The van der Waals surface area contributed by atoms with Crippen LogP contribution in [-0.4, -0.2) is 13.2 Å². The van der Waals surface area contributed by atoms with E-state index in [1.54, 1.807) is 6.92 Å². The van der Waals surface area contributed by atoms with E-state index < -0.39 is 15.0 Å². The second-order valence-corrected chi connectivity index (χ2v) is 4.22. The van der Waals surface area contributed by atoms with Gasteiger partial charge >= 0.3 is 10.2 Å². The van der Waals surface area contributed by atoms with E-state index in [0.29, 0.717) is 19.3 Å². The minimum Gasteiger partial charge on any atom is -0.194 e. The molecule has 1 aliphatic rings. The van der Waals surface area contributed by atoms with E-state index in [4.69, 9.17) is 0 Å². The lowest BCUT2D eigenvalue weighted by Crippen LogP contribution is -2.16. The van der Waals surface area contributed by atoms with Crippen LogP contribution in [0.1, 0.15) is 26.2 Å². The van der Waals surface area contributed by atoms with Crippen LogP contribution in [0.5, 0.6) is 0 Å². The van der Waals surface area contributed by atoms with E-state index in [2.05, 4.69) is 0 Å². The second kappa shape index (κ2) is 1.68. The maximum atomic E-state index is 12.2. The SMILES string of the molecule is CCC1(S(=O)(=O)F)CC1. The topological polar surface area (TPSA) is 34.1 Å². The molecule has 2 nitrogen and oxygen atoms in total. The number of rotatable bonds is 2. The van der Waals surface area contributed by atoms with E-state index in [9.17, 15) is 12.3 Å². The van der Waals surface area contributed by atoms with Gasteiger partial charge in [-0.2, -0.15) is 8.42 Å². The van der Waals surface area contributed by atoms with Gasteiger partial charge in [-0.3, -0.25) is 0 Å². The van der Waals surface area contributed by atoms with E-state index in [-0.39, 0.29) is 0 Å². The van der Waals surface area contributed by atoms with Crippen LogP contribution in [0.2, 0.25) is 0 Å². The Labute approximate surface area is 54.3 Å². The molecule has 0 aliphatic heterocycles. The van der Waals surface area contributed by atoms with Crippen LogP contribution in [-0.2, 0) is 10.2 Å². The molecule has 1 fully saturated rings. The average molecular weight is 152 g/mol. The first kappa shape index (κ1) is 6.99. The van der Waals surface area contributed by atoms with Gasteiger partial charge in [0.2, 0.25) is 0 Å². The van der Waals surface area contributed by atoms with Crippen molar-refractivity contribution in [3.05, 3.63) is 0 Å². The van der Waals surface area contributed by atoms with Crippen LogP contribution < -0.4 is 0 Å². The van der Waals surface area contributed by atoms with Gasteiger partial charge in [0.1, 0.15) is 4.75 Å². The Morgan fingerprint density at radius 1 is 1.56 bits per heavy atom. The fraction of sp³-hybridized carbons (Fsp3) is 1.00. The Hall–Kier alpha value is -0.120. The minimum atomic E-state index is -4.24. The van der Waals surface area contributed by atoms with Gasteiger partial charge in [0, 0.05) is 0 Å². The molecular formula is C5H9FO2S. The summed E-state index contributed by atoms with van der Waals surface area (Å²) >= 11 is 0. The molecule has 1 saturated carbocycles. The Morgan fingerprint density at radius 2 is 2.00 bits per heavy atom. The van der Waals surface area contributed by atoms with Crippen LogP contribution >= 0.6 is 0 Å². The average Bonchev–Trinajstić information content (AvgIpc) is 2.40. The van der Waals surface area contributed by atoms with Crippen molar-refractivity contribution in [3.8, 4) is 0 Å². The number of hydrogen-bond donors (Lipinski definition) is 0. The predicted octanol–water partition coefficient (Wildman–Crippen LogP) is 1.23. The van der Waals surface area contributed by atoms with Gasteiger partial charge in [0.05, 0.1) is 0 Å². The third kappa shape index (κ3) is 0.956. The van der Waals surface area contributed by atoms with Gasteiger partial charge in [-0.25, -0.2) is 0 Å². The molecule has 0 heterocycles. The molecule has 0 radical (unpaired) electrons. The highest BCUT2D eigenvalue weighted by Gasteiger charge is 2.53. The van der Waals surface area contributed by atoms with E-state index in [0.717, 1.165) is 0 Å². The Morgan fingerprint density at radius 3 is 2.00 bits per heavy atom. The molecule has 0 N–H and O–H groups in total. The molecule has 0 atom stereocenters. The van der Waals surface area contributed by atoms with Crippen molar-refractivity contribution in [3.63, 3.8) is 0 Å². The highest BCUT2D eigenvalue weighted by Crippen LogP contribution is 2.46. The Kier molecular flexibility index (Phi) is 1.31. The molecule has 0 spiro atoms. The number of halogens is 1. The quantitative estimate of drug-likeness (QED) is 0.558. The summed E-state index contributed by atoms with van der Waals surface area (Å²) in [5, 5.41) is 0. The third-order valence-electron chi connectivity index (χ3n) is 1.97. The predicted molar refractivity (Wildman–Crippen MR) is 32.3 cm³/mol. The number of hydrogen-bond acceptors (Lipinski definition) is 2. The maximum absolute atomic E-state index is 12.2. The van der Waals surface area contributed by atoms with Gasteiger partial charge in [-0.15, -0.1) is 3.89 Å². The standard InChI is InChI=1S/C5H9FO2S/c1-2-5(3-4-5)9(6,7)8/h2-4H2,1H3. The van der Waals surface area contributed by atoms with Gasteiger partial charge in [-0.1, -0.05) is 6.92 Å². The fourth-order valence-electron chi connectivity index (χ4n) is 0.909. The first-order valence-electron chi connectivity index (χ1n) is 2.96. The molecule has 0 aromatic carbocycles. The van der Waals surface area contributed by atoms with Crippen LogP contribution in [0.15, 0.2) is 0 Å². The molecule has 0 aromatic heterocycles. The van der Waals surface area contributed by atoms with E-state index in [1.807, 2.05) is 0 Å². The van der Waals surface area contributed by atoms with Crippen molar-refractivity contribution in [1.82, 2.24) is 0 Å². The summed E-state index contributed by atoms with van der Waals surface area (Å²) in [7, 11) is -4.24. The summed E-state index contributed by atoms with van der Waals surface area (Å²) in [6.07, 6.45) is 1.41. The van der Waals surface area contributed by atoms with Crippen LogP contribution in [0.25, 0.3) is 0 Å². The molecule has 1 aliphatic carbocycles. The zero-order valence-electron chi connectivity index (χ0n) is 5.22. The third-order valence-corrected chi connectivity index (χ3v) is 3.70. The van der Waals surface area contributed by atoms with E-state index in [1.165, 1.54) is 0 Å². The first-order valence-corrected chi connectivity index (χ1v) is 4.34. The van der Waals surface area contributed by atoms with E-state index >= 15 is 0 Å². The van der Waals surface area contributed by atoms with Crippen molar-refractivity contribution in [2.45, 2.75) is 30.9 Å². The van der Waals surface area contributed by atoms with Crippen molar-refractivity contribution < 1.29 is 12.3 Å². The summed E-state index contributed by atoms with van der Waals surface area (Å²) in [6.45, 7) is 1.70. The largest absolute Gasteiger partial charge is 0.308 e. The smallest absolute Gasteiger partial charge is 0.194 e. The van der Waals surface area contributed by atoms with Gasteiger partial charge < -0.3 is 0 Å². The zero-order valence-corrected chi connectivity index (χ0v) is 6.04. The van der Waals surface area contributed by atoms with Crippen molar-refractivity contribution in [2.24, 2.45) is 0 Å². The van der Waals surface area contributed by atoms with Crippen LogP contribution in [0.4, 0.5) is 3.89 Å². The summed E-state index contributed by atoms with van der Waals surface area (Å²) in [4.78, 5) is 0. The molecule has 0 amide bonds. The molecule has 4 heteroatoms. The van der Waals surface area contributed by atoms with Gasteiger partial charge in [0.15, 0.2) is 0 Å². The maximum Gasteiger partial charge on any atom is 0.308 e. The summed E-state index contributed by atoms with van der Waals surface area (Å²) in [5.41, 5.74) is 0. The van der Waals surface area contributed by atoms with Crippen LogP contribution in [0.3, 0.4) is 0 Å². The van der Waals surface area contributed by atoms with Crippen molar-refractivity contribution in [1.29, 1.82) is 0 Å². The Balaban J connectivity index is 2.85. The van der Waals surface area contributed by atoms with Gasteiger partial charge in [-0.05, 0) is 19.3 Å². The second-order valence-electron chi connectivity index (χ2n) is 2.47. The lowest BCUT2D eigenvalue weighted by molar-refractivity contribution is 0.526. The fourth-order valence-corrected chi connectivity index (χ4v) is 1.84. The minimum absolute atomic E-state index is 0.409. The lowest BCUT2D eigenvalue weighted by Gasteiger charge is -2.03. The first-order chi connectivity index (χ1) is 4.02. The normalized spacial score (nSPS) is 23.8. The van der Waals surface area contributed by atoms with Gasteiger partial charge in [0.25, 0.3) is 0 Å². The van der Waals surface area contributed by atoms with Crippen molar-refractivity contribution >= 4 is 10.2 Å².